The number of nitrogens with two attached hydrogens (primary N) is 1. The number of hydrogen-bond donors (Lipinski definition) is 2. The first kappa shape index (κ1) is 14.3. The van der Waals surface area contributed by atoms with E-state index in [1.54, 1.807) is 0 Å². The van der Waals surface area contributed by atoms with E-state index in [4.69, 9.17) is 10.8 Å². The molecule has 1 aliphatic carbocycles. The van der Waals surface area contributed by atoms with Crippen molar-refractivity contribution in [2.75, 3.05) is 13.6 Å². The maximum Gasteiger partial charge on any atom is 0.208 e. The topological polar surface area (TPSA) is 53.6 Å². The fourth-order valence-corrected chi connectivity index (χ4v) is 2.31. The van der Waals surface area contributed by atoms with Crippen LogP contribution in [0.2, 0.25) is 0 Å². The fraction of sp³-hybridized carbons (Fsp3) is 0.923. The van der Waals surface area contributed by atoms with Crippen LogP contribution in [0.1, 0.15) is 52.4 Å². The minimum atomic E-state index is 0.467. The van der Waals surface area contributed by atoms with Crippen molar-refractivity contribution in [1.29, 1.82) is 0 Å². The second-order valence-electron chi connectivity index (χ2n) is 5.28. The summed E-state index contributed by atoms with van der Waals surface area (Å²) in [5, 5.41) is 0. The molecule has 0 bridgehead atoms. The zero-order valence-corrected chi connectivity index (χ0v) is 11.6. The first-order valence-corrected chi connectivity index (χ1v) is 6.92. The molecule has 1 fully saturated rings. The van der Waals surface area contributed by atoms with Gasteiger partial charge in [-0.1, -0.05) is 39.5 Å². The molecule has 0 spiro atoms. The Balaban J connectivity index is 2.52. The van der Waals surface area contributed by atoms with Gasteiger partial charge in [0.1, 0.15) is 0 Å². The van der Waals surface area contributed by atoms with Crippen molar-refractivity contribution < 1.29 is 0 Å². The Morgan fingerprint density at radius 1 is 1.41 bits per heavy atom. The van der Waals surface area contributed by atoms with E-state index in [-0.39, 0.29) is 0 Å². The van der Waals surface area contributed by atoms with Crippen molar-refractivity contribution in [1.82, 2.24) is 10.3 Å². The molecule has 0 amide bonds. The molecule has 1 atom stereocenters. The summed E-state index contributed by atoms with van der Waals surface area (Å²) in [6.45, 7) is 5.48. The number of hydrazine groups is 1. The van der Waals surface area contributed by atoms with Crippen molar-refractivity contribution in [3.63, 3.8) is 0 Å². The Bertz CT molecular complexity index is 234. The molecule has 1 unspecified atom stereocenters. The molecule has 3 N–H and O–H groups in total. The minimum Gasteiger partial charge on any atom is -0.345 e. The molecule has 17 heavy (non-hydrogen) atoms. The zero-order chi connectivity index (χ0) is 12.7. The molecule has 0 aromatic rings. The van der Waals surface area contributed by atoms with Gasteiger partial charge in [-0.15, -0.1) is 0 Å². The molecule has 0 radical (unpaired) electrons. The summed E-state index contributed by atoms with van der Waals surface area (Å²) in [5.41, 5.74) is 2.75. The summed E-state index contributed by atoms with van der Waals surface area (Å²) in [4.78, 5) is 6.89. The van der Waals surface area contributed by atoms with Crippen LogP contribution in [0, 0.1) is 5.92 Å². The lowest BCUT2D eigenvalue weighted by Gasteiger charge is -2.26. The standard InChI is InChI=1S/C13H28N4/c1-4-11(2)10-17(3)13(16-14)15-12-8-6-5-7-9-12/h11-12H,4-10,14H2,1-3H3,(H,15,16). The van der Waals surface area contributed by atoms with Crippen LogP contribution in [0.3, 0.4) is 0 Å². The van der Waals surface area contributed by atoms with Crippen LogP contribution >= 0.6 is 0 Å². The molecule has 1 aliphatic rings. The highest BCUT2D eigenvalue weighted by molar-refractivity contribution is 5.79. The van der Waals surface area contributed by atoms with Gasteiger partial charge in [-0.2, -0.15) is 0 Å². The van der Waals surface area contributed by atoms with Crippen LogP contribution in [0.4, 0.5) is 0 Å². The maximum atomic E-state index is 5.59. The van der Waals surface area contributed by atoms with Gasteiger partial charge < -0.3 is 4.90 Å². The molecule has 1 rings (SSSR count). The van der Waals surface area contributed by atoms with Crippen LogP contribution in [-0.4, -0.2) is 30.5 Å². The van der Waals surface area contributed by atoms with E-state index < -0.39 is 0 Å². The average molecular weight is 240 g/mol. The quantitative estimate of drug-likeness (QED) is 0.342. The molecule has 100 valence electrons. The largest absolute Gasteiger partial charge is 0.345 e. The fourth-order valence-electron chi connectivity index (χ4n) is 2.31. The Kier molecular flexibility index (Phi) is 6.34. The number of hydrogen-bond acceptors (Lipinski definition) is 2. The van der Waals surface area contributed by atoms with Crippen LogP contribution < -0.4 is 11.3 Å². The van der Waals surface area contributed by atoms with Gasteiger partial charge in [0.15, 0.2) is 0 Å². The third-order valence-corrected chi connectivity index (χ3v) is 3.65. The van der Waals surface area contributed by atoms with Crippen molar-refractivity contribution in [3.8, 4) is 0 Å². The lowest BCUT2D eigenvalue weighted by molar-refractivity contribution is 0.376. The first-order valence-electron chi connectivity index (χ1n) is 6.92. The third kappa shape index (κ3) is 4.94. The predicted molar refractivity (Wildman–Crippen MR) is 73.7 cm³/mol. The van der Waals surface area contributed by atoms with Gasteiger partial charge in [0.05, 0.1) is 6.04 Å². The number of rotatable bonds is 4. The smallest absolute Gasteiger partial charge is 0.208 e. The van der Waals surface area contributed by atoms with E-state index in [9.17, 15) is 0 Å². The second kappa shape index (κ2) is 7.54. The summed E-state index contributed by atoms with van der Waals surface area (Å²) in [6.07, 6.45) is 7.58. The van der Waals surface area contributed by atoms with Gasteiger partial charge in [0.25, 0.3) is 0 Å². The van der Waals surface area contributed by atoms with Crippen LogP contribution in [0.25, 0.3) is 0 Å². The molecular formula is C13H28N4. The molecule has 0 aromatic heterocycles. The van der Waals surface area contributed by atoms with Crippen molar-refractivity contribution in [2.24, 2.45) is 16.8 Å². The third-order valence-electron chi connectivity index (χ3n) is 3.65. The average Bonchev–Trinajstić information content (AvgIpc) is 2.36. The highest BCUT2D eigenvalue weighted by Crippen LogP contribution is 2.20. The molecule has 0 saturated heterocycles. The molecule has 4 nitrogen and oxygen atoms in total. The summed E-state index contributed by atoms with van der Waals surface area (Å²) < 4.78 is 0. The van der Waals surface area contributed by atoms with Crippen LogP contribution in [0.15, 0.2) is 4.99 Å². The number of nitrogens with one attached hydrogen (secondary N) is 1. The molecule has 0 aliphatic heterocycles. The number of aliphatic imine (C=N–C) groups is 1. The second-order valence-corrected chi connectivity index (χ2v) is 5.28. The van der Waals surface area contributed by atoms with E-state index in [1.165, 1.54) is 38.5 Å². The summed E-state index contributed by atoms with van der Waals surface area (Å²) in [5.74, 6) is 7.10. The number of guanidine groups is 1. The molecule has 0 heterocycles. The Morgan fingerprint density at radius 2 is 2.06 bits per heavy atom. The Morgan fingerprint density at radius 3 is 2.59 bits per heavy atom. The predicted octanol–water partition coefficient (Wildman–Crippen LogP) is 2.12. The molecule has 1 saturated carbocycles. The van der Waals surface area contributed by atoms with Gasteiger partial charge in [-0.25, -0.2) is 10.8 Å². The first-order chi connectivity index (χ1) is 8.17. The SMILES string of the molecule is CCC(C)CN(C)C(=NC1CCCCC1)NN. The van der Waals surface area contributed by atoms with Crippen molar-refractivity contribution in [2.45, 2.75) is 58.4 Å². The molecule has 0 aromatic carbocycles. The zero-order valence-electron chi connectivity index (χ0n) is 11.6. The van der Waals surface area contributed by atoms with E-state index in [2.05, 4.69) is 31.2 Å². The van der Waals surface area contributed by atoms with Crippen molar-refractivity contribution >= 4 is 5.96 Å². The van der Waals surface area contributed by atoms with Crippen LogP contribution in [-0.2, 0) is 0 Å². The van der Waals surface area contributed by atoms with E-state index >= 15 is 0 Å². The molecular weight excluding hydrogens is 212 g/mol. The maximum absolute atomic E-state index is 5.59. The van der Waals surface area contributed by atoms with E-state index in [0.717, 1.165) is 12.5 Å². The van der Waals surface area contributed by atoms with Gasteiger partial charge in [0, 0.05) is 13.6 Å². The van der Waals surface area contributed by atoms with E-state index in [1.807, 2.05) is 0 Å². The van der Waals surface area contributed by atoms with Crippen molar-refractivity contribution in [3.05, 3.63) is 0 Å². The normalized spacial score (nSPS) is 20.1. The van der Waals surface area contributed by atoms with E-state index in [0.29, 0.717) is 12.0 Å². The monoisotopic (exact) mass is 240 g/mol. The van der Waals surface area contributed by atoms with Gasteiger partial charge in [-0.3, -0.25) is 5.43 Å². The number of nitrogens with zero attached hydrogens (tertiary/aromatic N) is 2. The highest BCUT2D eigenvalue weighted by Gasteiger charge is 2.15. The Hall–Kier alpha value is -0.770. The summed E-state index contributed by atoms with van der Waals surface area (Å²) >= 11 is 0. The Labute approximate surface area is 106 Å². The molecule has 4 heteroatoms. The van der Waals surface area contributed by atoms with Crippen LogP contribution in [0.5, 0.6) is 0 Å². The lowest BCUT2D eigenvalue weighted by atomic mass is 9.96. The van der Waals surface area contributed by atoms with Gasteiger partial charge in [0.2, 0.25) is 5.96 Å². The van der Waals surface area contributed by atoms with Gasteiger partial charge >= 0.3 is 0 Å². The van der Waals surface area contributed by atoms with Gasteiger partial charge in [-0.05, 0) is 18.8 Å². The highest BCUT2D eigenvalue weighted by atomic mass is 15.4. The summed E-state index contributed by atoms with van der Waals surface area (Å²) in [6, 6.07) is 0.467. The summed E-state index contributed by atoms with van der Waals surface area (Å²) in [7, 11) is 2.06. The minimum absolute atomic E-state index is 0.467. The lowest BCUT2D eigenvalue weighted by Crippen LogP contribution is -2.45.